The molecular weight excluding hydrogens is 376 g/mol. The topological polar surface area (TPSA) is 67.6 Å². The highest BCUT2D eigenvalue weighted by atomic mass is 35.5. The lowest BCUT2D eigenvalue weighted by Crippen LogP contribution is -1.85. The summed E-state index contributed by atoms with van der Waals surface area (Å²) in [6.07, 6.45) is 0. The largest absolute Gasteiger partial charge is 0.440 e. The molecule has 25 heavy (non-hydrogen) atoms. The fourth-order valence-corrected chi connectivity index (χ4v) is 3.82. The summed E-state index contributed by atoms with van der Waals surface area (Å²) in [5.41, 5.74) is 1.85. The normalized spacial score (nSPS) is 11.1. The molecule has 0 aliphatic heterocycles. The number of hydrogen-bond donors (Lipinski definition) is 1. The average molecular weight is 389 g/mol. The molecule has 126 valence electrons. The minimum atomic E-state index is 0.651. The molecule has 3 heterocycles. The van der Waals surface area contributed by atoms with E-state index in [1.165, 1.54) is 11.8 Å². The maximum absolute atomic E-state index is 5.91. The number of nitrogens with one attached hydrogen (secondary N) is 1. The highest BCUT2D eigenvalue weighted by Crippen LogP contribution is 2.29. The third-order valence-electron chi connectivity index (χ3n) is 3.55. The Labute approximate surface area is 157 Å². The Balaban J connectivity index is 1.46. The van der Waals surface area contributed by atoms with Crippen LogP contribution in [-0.2, 0) is 5.75 Å². The second-order valence-electron chi connectivity index (χ2n) is 5.26. The number of H-pyrrole nitrogens is 1. The number of thiophene rings is 1. The zero-order valence-electron chi connectivity index (χ0n) is 13.2. The fraction of sp³-hybridized carbons (Fsp3) is 0.118. The van der Waals surface area contributed by atoms with Gasteiger partial charge < -0.3 is 4.42 Å². The molecular formula is C17H13ClN4OS2. The van der Waals surface area contributed by atoms with E-state index in [-0.39, 0.29) is 0 Å². The Morgan fingerprint density at radius 1 is 1.20 bits per heavy atom. The van der Waals surface area contributed by atoms with Crippen molar-refractivity contribution in [3.8, 4) is 22.2 Å². The van der Waals surface area contributed by atoms with Crippen molar-refractivity contribution < 1.29 is 4.42 Å². The van der Waals surface area contributed by atoms with Gasteiger partial charge in [0, 0.05) is 16.3 Å². The van der Waals surface area contributed by atoms with E-state index in [4.69, 9.17) is 16.0 Å². The summed E-state index contributed by atoms with van der Waals surface area (Å²) in [5, 5.41) is 10.6. The van der Waals surface area contributed by atoms with Gasteiger partial charge in [0.1, 0.15) is 5.76 Å². The summed E-state index contributed by atoms with van der Waals surface area (Å²) in [6, 6.07) is 11.5. The Kier molecular flexibility index (Phi) is 4.61. The van der Waals surface area contributed by atoms with Gasteiger partial charge in [-0.05, 0) is 42.6 Å². The molecule has 3 aromatic heterocycles. The van der Waals surface area contributed by atoms with E-state index >= 15 is 0 Å². The van der Waals surface area contributed by atoms with E-state index in [1.807, 2.05) is 48.7 Å². The van der Waals surface area contributed by atoms with E-state index in [0.29, 0.717) is 21.8 Å². The highest BCUT2D eigenvalue weighted by molar-refractivity contribution is 7.98. The number of halogens is 1. The molecule has 0 bridgehead atoms. The summed E-state index contributed by atoms with van der Waals surface area (Å²) in [5.74, 6) is 2.86. The van der Waals surface area contributed by atoms with Crippen molar-refractivity contribution >= 4 is 34.7 Å². The van der Waals surface area contributed by atoms with Gasteiger partial charge in [-0.2, -0.15) is 0 Å². The summed E-state index contributed by atoms with van der Waals surface area (Å²) in [6.45, 7) is 1.93. The van der Waals surface area contributed by atoms with Crippen molar-refractivity contribution in [3.05, 3.63) is 58.3 Å². The molecule has 1 N–H and O–H groups in total. The molecule has 0 aliphatic carbocycles. The summed E-state index contributed by atoms with van der Waals surface area (Å²) in [4.78, 5) is 10.1. The standard InChI is InChI=1S/C17H13ClN4OS2/c1-10-13(19-16(23-10)14-3-2-8-24-14)9-25-17-20-15(21-22-17)11-4-6-12(18)7-5-11/h2-8H,9H2,1H3,(H,20,21,22). The molecule has 0 saturated carbocycles. The van der Waals surface area contributed by atoms with Crippen LogP contribution in [0.4, 0.5) is 0 Å². The van der Waals surface area contributed by atoms with E-state index in [0.717, 1.165) is 27.7 Å². The van der Waals surface area contributed by atoms with Crippen LogP contribution >= 0.6 is 34.7 Å². The number of hydrogen-bond acceptors (Lipinski definition) is 6. The number of aromatic nitrogens is 4. The van der Waals surface area contributed by atoms with Crippen LogP contribution in [0.2, 0.25) is 5.02 Å². The van der Waals surface area contributed by atoms with Crippen LogP contribution in [0.3, 0.4) is 0 Å². The monoisotopic (exact) mass is 388 g/mol. The Hall–Kier alpha value is -2.09. The van der Waals surface area contributed by atoms with Crippen LogP contribution in [0.5, 0.6) is 0 Å². The number of aromatic amines is 1. The van der Waals surface area contributed by atoms with Crippen molar-refractivity contribution in [1.82, 2.24) is 20.2 Å². The molecule has 0 unspecified atom stereocenters. The van der Waals surface area contributed by atoms with Crippen molar-refractivity contribution in [1.29, 1.82) is 0 Å². The summed E-state index contributed by atoms with van der Waals surface area (Å²) < 4.78 is 5.76. The number of rotatable bonds is 5. The van der Waals surface area contributed by atoms with Gasteiger partial charge in [0.05, 0.1) is 10.6 Å². The van der Waals surface area contributed by atoms with E-state index in [1.54, 1.807) is 11.3 Å². The minimum absolute atomic E-state index is 0.651. The van der Waals surface area contributed by atoms with E-state index < -0.39 is 0 Å². The third kappa shape index (κ3) is 3.63. The SMILES string of the molecule is Cc1oc(-c2cccs2)nc1CSc1n[nH]c(-c2ccc(Cl)cc2)n1. The molecule has 0 spiro atoms. The highest BCUT2D eigenvalue weighted by Gasteiger charge is 2.14. The van der Waals surface area contributed by atoms with Crippen LogP contribution in [0.1, 0.15) is 11.5 Å². The lowest BCUT2D eigenvalue weighted by atomic mass is 10.2. The van der Waals surface area contributed by atoms with Crippen LogP contribution in [0, 0.1) is 6.92 Å². The number of thioether (sulfide) groups is 1. The van der Waals surface area contributed by atoms with Gasteiger partial charge in [-0.15, -0.1) is 16.4 Å². The average Bonchev–Trinajstić information content (AvgIpc) is 3.35. The molecule has 0 radical (unpaired) electrons. The second-order valence-corrected chi connectivity index (χ2v) is 7.59. The first-order valence-electron chi connectivity index (χ1n) is 7.50. The van der Waals surface area contributed by atoms with Crippen molar-refractivity contribution in [2.45, 2.75) is 17.8 Å². The fourth-order valence-electron chi connectivity index (χ4n) is 2.25. The molecule has 0 aliphatic rings. The van der Waals surface area contributed by atoms with Gasteiger partial charge in [0.15, 0.2) is 5.82 Å². The second kappa shape index (κ2) is 7.03. The maximum Gasteiger partial charge on any atom is 0.236 e. The van der Waals surface area contributed by atoms with Crippen LogP contribution in [0.25, 0.3) is 22.2 Å². The van der Waals surface area contributed by atoms with Crippen molar-refractivity contribution in [2.24, 2.45) is 0 Å². The number of aryl methyl sites for hydroxylation is 1. The molecule has 0 fully saturated rings. The van der Waals surface area contributed by atoms with Crippen LogP contribution in [0.15, 0.2) is 51.4 Å². The van der Waals surface area contributed by atoms with Gasteiger partial charge in [-0.3, -0.25) is 5.10 Å². The van der Waals surface area contributed by atoms with Gasteiger partial charge in [-0.25, -0.2) is 9.97 Å². The predicted octanol–water partition coefficient (Wildman–Crippen LogP) is 5.44. The molecule has 8 heteroatoms. The van der Waals surface area contributed by atoms with Crippen molar-refractivity contribution in [3.63, 3.8) is 0 Å². The maximum atomic E-state index is 5.91. The Bertz CT molecular complexity index is 977. The zero-order chi connectivity index (χ0) is 17.2. The molecule has 0 atom stereocenters. The van der Waals surface area contributed by atoms with E-state index in [2.05, 4.69) is 20.2 Å². The van der Waals surface area contributed by atoms with Gasteiger partial charge in [-0.1, -0.05) is 29.4 Å². The van der Waals surface area contributed by atoms with Gasteiger partial charge in [0.2, 0.25) is 11.0 Å². The molecule has 5 nitrogen and oxygen atoms in total. The quantitative estimate of drug-likeness (QED) is 0.461. The first-order valence-corrected chi connectivity index (χ1v) is 9.74. The number of oxazole rings is 1. The lowest BCUT2D eigenvalue weighted by Gasteiger charge is -1.95. The summed E-state index contributed by atoms with van der Waals surface area (Å²) >= 11 is 9.04. The van der Waals surface area contributed by atoms with Crippen LogP contribution in [-0.4, -0.2) is 20.2 Å². The summed E-state index contributed by atoms with van der Waals surface area (Å²) in [7, 11) is 0. The lowest BCUT2D eigenvalue weighted by molar-refractivity contribution is 0.542. The van der Waals surface area contributed by atoms with Gasteiger partial charge >= 0.3 is 0 Å². The van der Waals surface area contributed by atoms with Gasteiger partial charge in [0.25, 0.3) is 0 Å². The molecule has 4 aromatic rings. The minimum Gasteiger partial charge on any atom is -0.440 e. The van der Waals surface area contributed by atoms with Crippen LogP contribution < -0.4 is 0 Å². The predicted molar refractivity (Wildman–Crippen MR) is 101 cm³/mol. The Morgan fingerprint density at radius 2 is 2.04 bits per heavy atom. The first-order chi connectivity index (χ1) is 12.2. The first kappa shape index (κ1) is 16.4. The molecule has 4 rings (SSSR count). The Morgan fingerprint density at radius 3 is 2.80 bits per heavy atom. The molecule has 0 saturated heterocycles. The molecule has 0 amide bonds. The number of nitrogens with zero attached hydrogens (tertiary/aromatic N) is 3. The van der Waals surface area contributed by atoms with E-state index in [9.17, 15) is 0 Å². The zero-order valence-corrected chi connectivity index (χ0v) is 15.6. The smallest absolute Gasteiger partial charge is 0.236 e. The third-order valence-corrected chi connectivity index (χ3v) is 5.51. The molecule has 1 aromatic carbocycles. The number of benzene rings is 1. The van der Waals surface area contributed by atoms with Crippen molar-refractivity contribution in [2.75, 3.05) is 0 Å².